The number of rotatable bonds is 2. The molecular formula is C7H4ClF2NO3. The maximum Gasteiger partial charge on any atom is 0.269 e. The van der Waals surface area contributed by atoms with E-state index in [2.05, 4.69) is 0 Å². The Morgan fingerprint density at radius 3 is 2.57 bits per heavy atom. The molecule has 0 saturated carbocycles. The fraction of sp³-hybridized carbons (Fsp3) is 0.143. The minimum Gasteiger partial charge on any atom is -0.494 e. The summed E-state index contributed by atoms with van der Waals surface area (Å²) in [4.78, 5) is 23.1. The largest absolute Gasteiger partial charge is 0.494 e. The lowest BCUT2D eigenvalue weighted by molar-refractivity contribution is 0.107. The molecule has 0 atom stereocenters. The molecule has 0 saturated heterocycles. The lowest BCUT2D eigenvalue weighted by Gasteiger charge is -2.02. The number of carbonyl (C=O) groups excluding carboxylic acids is 1. The van der Waals surface area contributed by atoms with Crippen molar-refractivity contribution in [2.24, 2.45) is 0 Å². The third kappa shape index (κ3) is 1.90. The number of hydrogen-bond acceptors (Lipinski definition) is 3. The van der Waals surface area contributed by atoms with Gasteiger partial charge in [-0.2, -0.15) is 0 Å². The zero-order chi connectivity index (χ0) is 10.9. The van der Waals surface area contributed by atoms with Gasteiger partial charge in [0.25, 0.3) is 17.2 Å². The highest BCUT2D eigenvalue weighted by molar-refractivity contribution is 6.68. The molecule has 76 valence electrons. The molecule has 0 radical (unpaired) electrons. The van der Waals surface area contributed by atoms with Crippen LogP contribution < -0.4 is 5.56 Å². The van der Waals surface area contributed by atoms with E-state index in [1.165, 1.54) is 0 Å². The van der Waals surface area contributed by atoms with E-state index in [1.54, 1.807) is 4.98 Å². The summed E-state index contributed by atoms with van der Waals surface area (Å²) in [7, 11) is 0. The number of hydrogen-bond donors (Lipinski definition) is 2. The second-order valence-electron chi connectivity index (χ2n) is 2.39. The second-order valence-corrected chi connectivity index (χ2v) is 2.73. The first-order valence-electron chi connectivity index (χ1n) is 3.37. The molecule has 1 heterocycles. The van der Waals surface area contributed by atoms with E-state index in [9.17, 15) is 18.4 Å². The van der Waals surface area contributed by atoms with Crippen molar-refractivity contribution in [3.63, 3.8) is 0 Å². The number of halogens is 3. The summed E-state index contributed by atoms with van der Waals surface area (Å²) in [6.07, 6.45) is -3.03. The molecule has 2 N–H and O–H groups in total. The Morgan fingerprint density at radius 1 is 1.57 bits per heavy atom. The Kier molecular flexibility index (Phi) is 2.85. The van der Waals surface area contributed by atoms with Gasteiger partial charge in [-0.1, -0.05) is 0 Å². The molecule has 0 aliphatic rings. The highest BCUT2D eigenvalue weighted by Gasteiger charge is 2.18. The summed E-state index contributed by atoms with van der Waals surface area (Å²) in [5.74, 6) is -0.820. The first-order valence-corrected chi connectivity index (χ1v) is 3.75. The van der Waals surface area contributed by atoms with Crippen molar-refractivity contribution in [1.29, 1.82) is 0 Å². The fourth-order valence-corrected chi connectivity index (χ4v) is 0.992. The molecule has 4 nitrogen and oxygen atoms in total. The van der Waals surface area contributed by atoms with Gasteiger partial charge in [0.05, 0.1) is 11.1 Å². The van der Waals surface area contributed by atoms with Gasteiger partial charge in [-0.15, -0.1) is 0 Å². The summed E-state index contributed by atoms with van der Waals surface area (Å²) in [6.45, 7) is 0. The van der Waals surface area contributed by atoms with Crippen molar-refractivity contribution in [1.82, 2.24) is 4.98 Å². The predicted molar refractivity (Wildman–Crippen MR) is 43.9 cm³/mol. The minimum atomic E-state index is -3.03. The predicted octanol–water partition coefficient (Wildman–Crippen LogP) is 1.40. The van der Waals surface area contributed by atoms with Crippen LogP contribution in [-0.4, -0.2) is 15.3 Å². The first-order chi connectivity index (χ1) is 6.43. The van der Waals surface area contributed by atoms with Crippen molar-refractivity contribution < 1.29 is 18.7 Å². The van der Waals surface area contributed by atoms with Crippen LogP contribution in [0.15, 0.2) is 10.9 Å². The summed E-state index contributed by atoms with van der Waals surface area (Å²) in [6, 6.07) is 0.564. The van der Waals surface area contributed by atoms with Gasteiger partial charge in [-0.3, -0.25) is 14.6 Å². The van der Waals surface area contributed by atoms with Crippen LogP contribution in [0.1, 0.15) is 22.3 Å². The molecule has 0 spiro atoms. The highest BCUT2D eigenvalue weighted by Crippen LogP contribution is 2.20. The third-order valence-electron chi connectivity index (χ3n) is 1.50. The van der Waals surface area contributed by atoms with E-state index in [-0.39, 0.29) is 0 Å². The van der Waals surface area contributed by atoms with E-state index in [1.807, 2.05) is 0 Å². The molecule has 7 heteroatoms. The molecular weight excluding hydrogens is 220 g/mol. The number of aromatic amines is 1. The van der Waals surface area contributed by atoms with Gasteiger partial charge in [0.15, 0.2) is 0 Å². The number of nitrogens with one attached hydrogen (secondary N) is 1. The Bertz CT molecular complexity index is 429. The van der Waals surface area contributed by atoms with Crippen molar-refractivity contribution in [2.45, 2.75) is 6.43 Å². The fourth-order valence-electron chi connectivity index (χ4n) is 0.848. The Balaban J connectivity index is 3.42. The number of alkyl halides is 2. The molecule has 1 aromatic heterocycles. The molecule has 0 aliphatic carbocycles. The molecule has 1 rings (SSSR count). The van der Waals surface area contributed by atoms with Crippen LogP contribution in [0.4, 0.5) is 8.78 Å². The van der Waals surface area contributed by atoms with E-state index in [0.29, 0.717) is 6.07 Å². The summed E-state index contributed by atoms with van der Waals surface area (Å²) < 4.78 is 24.3. The van der Waals surface area contributed by atoms with Crippen molar-refractivity contribution in [2.75, 3.05) is 0 Å². The monoisotopic (exact) mass is 223 g/mol. The van der Waals surface area contributed by atoms with Gasteiger partial charge in [0.1, 0.15) is 0 Å². The van der Waals surface area contributed by atoms with Crippen LogP contribution in [0.2, 0.25) is 0 Å². The van der Waals surface area contributed by atoms with Crippen LogP contribution in [0, 0.1) is 0 Å². The normalized spacial score (nSPS) is 10.6. The minimum absolute atomic E-state index is 0.554. The third-order valence-corrected chi connectivity index (χ3v) is 1.70. The molecule has 0 fully saturated rings. The first kappa shape index (κ1) is 10.6. The smallest absolute Gasteiger partial charge is 0.269 e. The maximum absolute atomic E-state index is 12.1. The molecule has 0 aromatic carbocycles. The SMILES string of the molecule is O=C(Cl)c1cc(C(F)F)c(=O)[nH]c1O. The topological polar surface area (TPSA) is 70.2 Å². The molecule has 14 heavy (non-hydrogen) atoms. The summed E-state index contributed by atoms with van der Waals surface area (Å²) >= 11 is 4.97. The van der Waals surface area contributed by atoms with Gasteiger partial charge >= 0.3 is 0 Å². The number of H-pyrrole nitrogens is 1. The molecule has 0 bridgehead atoms. The zero-order valence-corrected chi connectivity index (χ0v) is 7.31. The average Bonchev–Trinajstić information content (AvgIpc) is 2.02. The second kappa shape index (κ2) is 3.75. The lowest BCUT2D eigenvalue weighted by Crippen LogP contribution is -2.14. The number of pyridine rings is 1. The number of aromatic nitrogens is 1. The van der Waals surface area contributed by atoms with Crippen LogP contribution in [0.25, 0.3) is 0 Å². The summed E-state index contributed by atoms with van der Waals surface area (Å²) in [5.41, 5.74) is -2.62. The van der Waals surface area contributed by atoms with Crippen molar-refractivity contribution in [3.8, 4) is 5.88 Å². The Hall–Kier alpha value is -1.43. The summed E-state index contributed by atoms with van der Waals surface area (Å²) in [5, 5.41) is 7.84. The number of aromatic hydroxyl groups is 1. The zero-order valence-electron chi connectivity index (χ0n) is 6.55. The van der Waals surface area contributed by atoms with Gasteiger partial charge in [0.2, 0.25) is 5.88 Å². The van der Waals surface area contributed by atoms with Gasteiger partial charge in [-0.25, -0.2) is 8.78 Å². The van der Waals surface area contributed by atoms with Crippen LogP contribution >= 0.6 is 11.6 Å². The molecule has 1 aromatic rings. The number of carbonyl (C=O) groups is 1. The van der Waals surface area contributed by atoms with Crippen molar-refractivity contribution in [3.05, 3.63) is 27.5 Å². The van der Waals surface area contributed by atoms with Gasteiger partial charge < -0.3 is 5.11 Å². The lowest BCUT2D eigenvalue weighted by atomic mass is 10.2. The van der Waals surface area contributed by atoms with E-state index in [4.69, 9.17) is 16.7 Å². The Labute approximate surface area is 81.1 Å². The maximum atomic E-state index is 12.1. The quantitative estimate of drug-likeness (QED) is 0.745. The van der Waals surface area contributed by atoms with Crippen LogP contribution in [-0.2, 0) is 0 Å². The molecule has 0 aliphatic heterocycles. The molecule has 0 unspecified atom stereocenters. The molecule has 0 amide bonds. The van der Waals surface area contributed by atoms with E-state index < -0.39 is 34.2 Å². The van der Waals surface area contributed by atoms with E-state index >= 15 is 0 Å². The highest BCUT2D eigenvalue weighted by atomic mass is 35.5. The average molecular weight is 224 g/mol. The van der Waals surface area contributed by atoms with Gasteiger partial charge in [-0.05, 0) is 17.7 Å². The Morgan fingerprint density at radius 2 is 2.14 bits per heavy atom. The van der Waals surface area contributed by atoms with Crippen molar-refractivity contribution >= 4 is 16.8 Å². The van der Waals surface area contributed by atoms with Gasteiger partial charge in [0, 0.05) is 0 Å². The standard InChI is InChI=1S/C7H4ClF2NO3/c8-4(12)2-1-3(5(9)10)7(14)11-6(2)13/h1,5H,(H2,11,13,14). The van der Waals surface area contributed by atoms with Crippen LogP contribution in [0.5, 0.6) is 5.88 Å². The van der Waals surface area contributed by atoms with Crippen LogP contribution in [0.3, 0.4) is 0 Å². The van der Waals surface area contributed by atoms with E-state index in [0.717, 1.165) is 0 Å².